The van der Waals surface area contributed by atoms with Crippen molar-refractivity contribution in [1.82, 2.24) is 4.90 Å². The van der Waals surface area contributed by atoms with Crippen LogP contribution in [-0.2, 0) is 4.79 Å². The van der Waals surface area contributed by atoms with E-state index in [4.69, 9.17) is 26.2 Å². The van der Waals surface area contributed by atoms with Crippen molar-refractivity contribution < 1.29 is 14.6 Å². The molecular formula is C19H20ClNO3. The van der Waals surface area contributed by atoms with Gasteiger partial charge in [0.1, 0.15) is 11.5 Å². The van der Waals surface area contributed by atoms with Gasteiger partial charge in [-0.3, -0.25) is 4.79 Å². The van der Waals surface area contributed by atoms with E-state index in [9.17, 15) is 0 Å². The van der Waals surface area contributed by atoms with Gasteiger partial charge in [0.05, 0.1) is 0 Å². The highest BCUT2D eigenvalue weighted by molar-refractivity contribution is 6.30. The van der Waals surface area contributed by atoms with Gasteiger partial charge in [0.2, 0.25) is 0 Å². The number of likely N-dealkylation sites (N-methyl/N-ethyl adjacent to an activating group) is 1. The van der Waals surface area contributed by atoms with Gasteiger partial charge in [-0.2, -0.15) is 0 Å². The third-order valence-electron chi connectivity index (χ3n) is 4.41. The number of halogens is 1. The van der Waals surface area contributed by atoms with Gasteiger partial charge in [0.15, 0.2) is 0 Å². The van der Waals surface area contributed by atoms with Crippen LogP contribution in [0.1, 0.15) is 29.9 Å². The quantitative estimate of drug-likeness (QED) is 0.771. The molecule has 24 heavy (non-hydrogen) atoms. The van der Waals surface area contributed by atoms with Crippen LogP contribution in [0, 0.1) is 0 Å². The standard InChI is InChI=1S/C17H16ClNO.C2H4O2/c1-19-9-14-12-4-2-3-5-16(12)20-17-7-6-11(18)8-13(17)15(14)10-19;1-2(3)4/h2-8,14-15H,9-10H2,1H3;1H3,(H,3,4)/t14-,15-;/m0./s1. The minimum Gasteiger partial charge on any atom is -0.481 e. The molecule has 4 rings (SSSR count). The van der Waals surface area contributed by atoms with Gasteiger partial charge in [0.25, 0.3) is 5.97 Å². The molecule has 2 aromatic rings. The number of rotatable bonds is 0. The van der Waals surface area contributed by atoms with E-state index in [1.54, 1.807) is 0 Å². The molecule has 1 N–H and O–H groups in total. The van der Waals surface area contributed by atoms with Crippen molar-refractivity contribution in [3.63, 3.8) is 0 Å². The summed E-state index contributed by atoms with van der Waals surface area (Å²) in [7, 11) is 2.18. The second-order valence-corrected chi connectivity index (χ2v) is 6.71. The first-order valence-electron chi connectivity index (χ1n) is 7.90. The minimum atomic E-state index is -0.833. The summed E-state index contributed by atoms with van der Waals surface area (Å²) >= 11 is 6.20. The second-order valence-electron chi connectivity index (χ2n) is 6.28. The highest BCUT2D eigenvalue weighted by atomic mass is 35.5. The van der Waals surface area contributed by atoms with E-state index in [-0.39, 0.29) is 0 Å². The number of carboxylic acids is 1. The Morgan fingerprint density at radius 2 is 1.71 bits per heavy atom. The average Bonchev–Trinajstić information content (AvgIpc) is 2.85. The van der Waals surface area contributed by atoms with Crippen LogP contribution in [0.25, 0.3) is 0 Å². The average molecular weight is 346 g/mol. The van der Waals surface area contributed by atoms with Gasteiger partial charge in [0, 0.05) is 42.4 Å². The molecule has 2 heterocycles. The molecule has 1 saturated heterocycles. The lowest BCUT2D eigenvalue weighted by Crippen LogP contribution is -2.14. The summed E-state index contributed by atoms with van der Waals surface area (Å²) < 4.78 is 6.15. The number of hydrogen-bond donors (Lipinski definition) is 1. The normalized spacial score (nSPS) is 21.3. The lowest BCUT2D eigenvalue weighted by atomic mass is 9.84. The molecule has 2 aliphatic heterocycles. The number of aliphatic carboxylic acids is 1. The highest BCUT2D eigenvalue weighted by Gasteiger charge is 2.38. The fourth-order valence-electron chi connectivity index (χ4n) is 3.53. The smallest absolute Gasteiger partial charge is 0.300 e. The maximum Gasteiger partial charge on any atom is 0.300 e. The van der Waals surface area contributed by atoms with Crippen LogP contribution < -0.4 is 4.74 Å². The maximum atomic E-state index is 9.00. The topological polar surface area (TPSA) is 49.8 Å². The molecule has 1 fully saturated rings. The van der Waals surface area contributed by atoms with Gasteiger partial charge in [-0.15, -0.1) is 0 Å². The number of benzene rings is 2. The molecule has 0 aliphatic carbocycles. The first-order chi connectivity index (χ1) is 11.5. The molecular weight excluding hydrogens is 326 g/mol. The van der Waals surface area contributed by atoms with E-state index in [1.807, 2.05) is 18.2 Å². The van der Waals surface area contributed by atoms with Crippen molar-refractivity contribution in [2.24, 2.45) is 0 Å². The molecule has 126 valence electrons. The molecule has 0 unspecified atom stereocenters. The number of carbonyl (C=O) groups is 1. The SMILES string of the molecule is CC(=O)O.CN1C[C@H]2c3ccccc3Oc3ccc(Cl)cc3[C@@H]2C1. The molecule has 0 spiro atoms. The predicted octanol–water partition coefficient (Wildman–Crippen LogP) is 4.35. The Balaban J connectivity index is 0.000000383. The molecule has 0 radical (unpaired) electrons. The number of hydrogen-bond acceptors (Lipinski definition) is 3. The van der Waals surface area contributed by atoms with Gasteiger partial charge < -0.3 is 14.7 Å². The third kappa shape index (κ3) is 3.40. The first-order valence-corrected chi connectivity index (χ1v) is 8.28. The summed E-state index contributed by atoms with van der Waals surface area (Å²) in [5.74, 6) is 2.04. The maximum absolute atomic E-state index is 9.00. The number of likely N-dealkylation sites (tertiary alicyclic amines) is 1. The Kier molecular flexibility index (Phi) is 4.78. The Bertz CT molecular complexity index is 758. The van der Waals surface area contributed by atoms with Crippen molar-refractivity contribution in [2.75, 3.05) is 20.1 Å². The Morgan fingerprint density at radius 1 is 1.12 bits per heavy atom. The van der Waals surface area contributed by atoms with Crippen LogP contribution in [0.5, 0.6) is 11.5 Å². The molecule has 0 saturated carbocycles. The van der Waals surface area contributed by atoms with E-state index < -0.39 is 5.97 Å². The van der Waals surface area contributed by atoms with Crippen molar-refractivity contribution in [3.05, 3.63) is 58.6 Å². The molecule has 0 amide bonds. The van der Waals surface area contributed by atoms with E-state index >= 15 is 0 Å². The fourth-order valence-corrected chi connectivity index (χ4v) is 3.71. The number of para-hydroxylation sites is 1. The van der Waals surface area contributed by atoms with E-state index in [2.05, 4.69) is 36.2 Å². The summed E-state index contributed by atoms with van der Waals surface area (Å²) in [4.78, 5) is 11.4. The van der Waals surface area contributed by atoms with E-state index in [1.165, 1.54) is 11.1 Å². The zero-order valence-electron chi connectivity index (χ0n) is 13.7. The Morgan fingerprint density at radius 3 is 2.42 bits per heavy atom. The first kappa shape index (κ1) is 16.8. The third-order valence-corrected chi connectivity index (χ3v) is 4.65. The summed E-state index contributed by atoms with van der Waals surface area (Å²) in [6, 6.07) is 14.4. The van der Waals surface area contributed by atoms with Gasteiger partial charge in [-0.05, 0) is 36.9 Å². The van der Waals surface area contributed by atoms with Crippen molar-refractivity contribution in [1.29, 1.82) is 0 Å². The van der Waals surface area contributed by atoms with Gasteiger partial charge in [-0.1, -0.05) is 29.8 Å². The summed E-state index contributed by atoms with van der Waals surface area (Å²) in [6.07, 6.45) is 0. The van der Waals surface area contributed by atoms with Crippen LogP contribution in [0.2, 0.25) is 5.02 Å². The molecule has 0 bridgehead atoms. The van der Waals surface area contributed by atoms with E-state index in [0.29, 0.717) is 11.8 Å². The zero-order valence-corrected chi connectivity index (χ0v) is 14.5. The summed E-state index contributed by atoms with van der Waals surface area (Å²) in [5.41, 5.74) is 2.55. The minimum absolute atomic E-state index is 0.456. The molecule has 2 aliphatic rings. The van der Waals surface area contributed by atoms with Crippen LogP contribution in [0.4, 0.5) is 0 Å². The summed E-state index contributed by atoms with van der Waals surface area (Å²) in [5, 5.41) is 8.20. The zero-order chi connectivity index (χ0) is 17.3. The fraction of sp³-hybridized carbons (Fsp3) is 0.316. The molecule has 2 aromatic carbocycles. The number of nitrogens with zero attached hydrogens (tertiary/aromatic N) is 1. The van der Waals surface area contributed by atoms with Gasteiger partial charge in [-0.25, -0.2) is 0 Å². The lowest BCUT2D eigenvalue weighted by molar-refractivity contribution is -0.134. The van der Waals surface area contributed by atoms with Crippen LogP contribution in [-0.4, -0.2) is 36.1 Å². The summed E-state index contributed by atoms with van der Waals surface area (Å²) in [6.45, 7) is 3.20. The lowest BCUT2D eigenvalue weighted by Gasteiger charge is -2.17. The van der Waals surface area contributed by atoms with E-state index in [0.717, 1.165) is 36.5 Å². The largest absolute Gasteiger partial charge is 0.481 e. The monoisotopic (exact) mass is 345 g/mol. The van der Waals surface area contributed by atoms with Gasteiger partial charge >= 0.3 is 0 Å². The molecule has 2 atom stereocenters. The molecule has 4 nitrogen and oxygen atoms in total. The molecule has 5 heteroatoms. The number of fused-ring (bicyclic) bond motifs is 5. The molecule has 0 aromatic heterocycles. The van der Waals surface area contributed by atoms with Crippen LogP contribution >= 0.6 is 11.6 Å². The van der Waals surface area contributed by atoms with Crippen LogP contribution in [0.3, 0.4) is 0 Å². The number of ether oxygens (including phenoxy) is 1. The van der Waals surface area contributed by atoms with Crippen molar-refractivity contribution in [2.45, 2.75) is 18.8 Å². The Labute approximate surface area is 146 Å². The highest BCUT2D eigenvalue weighted by Crippen LogP contribution is 2.49. The second kappa shape index (κ2) is 6.83. The predicted molar refractivity (Wildman–Crippen MR) is 94.3 cm³/mol. The number of carboxylic acid groups (broad SMARTS) is 1. The van der Waals surface area contributed by atoms with Crippen LogP contribution in [0.15, 0.2) is 42.5 Å². The Hall–Kier alpha value is -2.04. The van der Waals surface area contributed by atoms with Crippen molar-refractivity contribution in [3.8, 4) is 11.5 Å². The van der Waals surface area contributed by atoms with Crippen molar-refractivity contribution >= 4 is 17.6 Å².